The van der Waals surface area contributed by atoms with Crippen LogP contribution in [0.5, 0.6) is 0 Å². The predicted molar refractivity (Wildman–Crippen MR) is 52.2 cm³/mol. The van der Waals surface area contributed by atoms with Gasteiger partial charge in [0, 0.05) is 12.1 Å². The Bertz CT molecular complexity index is 138. The first-order valence-electron chi connectivity index (χ1n) is 5.64. The van der Waals surface area contributed by atoms with Crippen LogP contribution in [-0.4, -0.2) is 12.1 Å². The largest absolute Gasteiger partial charge is 0.311 e. The van der Waals surface area contributed by atoms with Crippen molar-refractivity contribution in [2.45, 2.75) is 64.0 Å². The van der Waals surface area contributed by atoms with Gasteiger partial charge >= 0.3 is 0 Å². The van der Waals surface area contributed by atoms with Crippen molar-refractivity contribution in [2.24, 2.45) is 5.92 Å². The first kappa shape index (κ1) is 8.55. The summed E-state index contributed by atoms with van der Waals surface area (Å²) >= 11 is 0. The van der Waals surface area contributed by atoms with E-state index in [4.69, 9.17) is 0 Å². The lowest BCUT2D eigenvalue weighted by Gasteiger charge is -2.38. The topological polar surface area (TPSA) is 12.0 Å². The summed E-state index contributed by atoms with van der Waals surface area (Å²) in [7, 11) is 0. The summed E-state index contributed by atoms with van der Waals surface area (Å²) in [6.07, 6.45) is 10.2. The molecule has 3 rings (SSSR count). The van der Waals surface area contributed by atoms with E-state index in [1.54, 1.807) is 0 Å². The van der Waals surface area contributed by atoms with Gasteiger partial charge in [-0.1, -0.05) is 32.6 Å². The van der Waals surface area contributed by atoms with E-state index in [9.17, 15) is 0 Å². The molecule has 1 heteroatoms. The highest BCUT2D eigenvalue weighted by molar-refractivity contribution is 4.90. The summed E-state index contributed by atoms with van der Waals surface area (Å²) < 4.78 is 0. The normalized spacial score (nSPS) is 42.2. The molecule has 3 aliphatic rings. The molecule has 1 saturated carbocycles. The van der Waals surface area contributed by atoms with Gasteiger partial charge in [-0.05, 0) is 25.2 Å². The Kier molecular flexibility index (Phi) is 2.69. The van der Waals surface area contributed by atoms with E-state index in [1.807, 2.05) is 0 Å². The van der Waals surface area contributed by atoms with Crippen LogP contribution in [0.2, 0.25) is 0 Å². The van der Waals surface area contributed by atoms with Crippen molar-refractivity contribution in [3.63, 3.8) is 0 Å². The van der Waals surface area contributed by atoms with Gasteiger partial charge in [0.1, 0.15) is 0 Å². The quantitative estimate of drug-likeness (QED) is 0.633. The van der Waals surface area contributed by atoms with Crippen LogP contribution in [0.3, 0.4) is 0 Å². The number of hydrogen-bond acceptors (Lipinski definition) is 1. The Hall–Kier alpha value is -0.0400. The predicted octanol–water partition coefficient (Wildman–Crippen LogP) is 2.71. The molecule has 0 unspecified atom stereocenters. The van der Waals surface area contributed by atoms with Crippen molar-refractivity contribution in [1.29, 1.82) is 0 Å². The van der Waals surface area contributed by atoms with Gasteiger partial charge < -0.3 is 5.32 Å². The number of fused-ring (bicyclic) bond motifs is 5. The van der Waals surface area contributed by atoms with Crippen molar-refractivity contribution >= 4 is 0 Å². The van der Waals surface area contributed by atoms with Crippen LogP contribution in [0.15, 0.2) is 0 Å². The van der Waals surface area contributed by atoms with Crippen LogP contribution in [0.25, 0.3) is 0 Å². The molecule has 1 aliphatic carbocycles. The number of hydrogen-bond donors (Lipinski definition) is 1. The van der Waals surface area contributed by atoms with Crippen molar-refractivity contribution in [3.8, 4) is 0 Å². The van der Waals surface area contributed by atoms with Gasteiger partial charge in [-0.3, -0.25) is 0 Å². The Labute approximate surface area is 75.9 Å². The van der Waals surface area contributed by atoms with Gasteiger partial charge in [-0.2, -0.15) is 0 Å². The maximum absolute atomic E-state index is 3.69. The van der Waals surface area contributed by atoms with E-state index < -0.39 is 0 Å². The van der Waals surface area contributed by atoms with Crippen LogP contribution >= 0.6 is 0 Å². The van der Waals surface area contributed by atoms with E-state index in [-0.39, 0.29) is 0 Å². The molecule has 70 valence electrons. The molecule has 12 heavy (non-hydrogen) atoms. The average molecular weight is 167 g/mol. The van der Waals surface area contributed by atoms with Gasteiger partial charge in [0.2, 0.25) is 0 Å². The molecule has 1 N–H and O–H groups in total. The number of rotatable bonds is 1. The Balaban J connectivity index is 1.85. The van der Waals surface area contributed by atoms with E-state index in [0.29, 0.717) is 0 Å². The molecule has 1 nitrogen and oxygen atoms in total. The molecule has 0 aromatic heterocycles. The summed E-state index contributed by atoms with van der Waals surface area (Å²) in [5.74, 6) is 1.02. The summed E-state index contributed by atoms with van der Waals surface area (Å²) in [5, 5.41) is 3.69. The van der Waals surface area contributed by atoms with E-state index >= 15 is 0 Å². The SMILES string of the molecule is CC[C@@H]1CCCC[C@H]2C[C@@H](C1)N2. The van der Waals surface area contributed by atoms with Crippen LogP contribution in [0.4, 0.5) is 0 Å². The van der Waals surface area contributed by atoms with Crippen molar-refractivity contribution in [1.82, 2.24) is 5.32 Å². The molecule has 0 radical (unpaired) electrons. The fourth-order valence-electron chi connectivity index (χ4n) is 2.73. The van der Waals surface area contributed by atoms with Gasteiger partial charge in [0.15, 0.2) is 0 Å². The van der Waals surface area contributed by atoms with E-state index in [0.717, 1.165) is 18.0 Å². The maximum atomic E-state index is 3.69. The highest BCUT2D eigenvalue weighted by atomic mass is 15.0. The second kappa shape index (κ2) is 3.78. The summed E-state index contributed by atoms with van der Waals surface area (Å²) in [5.41, 5.74) is 0. The van der Waals surface area contributed by atoms with Crippen LogP contribution in [-0.2, 0) is 0 Å². The first-order chi connectivity index (χ1) is 5.88. The molecule has 0 aromatic carbocycles. The minimum absolute atomic E-state index is 0.887. The lowest BCUT2D eigenvalue weighted by Crippen LogP contribution is -2.52. The summed E-state index contributed by atoms with van der Waals surface area (Å²) in [6, 6.07) is 1.78. The van der Waals surface area contributed by atoms with Crippen molar-refractivity contribution in [3.05, 3.63) is 0 Å². The molecule has 0 spiro atoms. The van der Waals surface area contributed by atoms with Crippen LogP contribution in [0.1, 0.15) is 51.9 Å². The maximum Gasteiger partial charge on any atom is 0.00871 e. The summed E-state index contributed by atoms with van der Waals surface area (Å²) in [4.78, 5) is 0. The van der Waals surface area contributed by atoms with Gasteiger partial charge in [0.25, 0.3) is 0 Å². The minimum atomic E-state index is 0.887. The molecule has 0 amide bonds. The zero-order valence-corrected chi connectivity index (χ0v) is 8.18. The monoisotopic (exact) mass is 167 g/mol. The average Bonchev–Trinajstić information content (AvgIpc) is 2.16. The van der Waals surface area contributed by atoms with Gasteiger partial charge in [0.05, 0.1) is 0 Å². The Morgan fingerprint density at radius 1 is 1.08 bits per heavy atom. The zero-order chi connectivity index (χ0) is 8.39. The first-order valence-corrected chi connectivity index (χ1v) is 5.64. The number of nitrogens with one attached hydrogen (secondary N) is 1. The third-order valence-electron chi connectivity index (χ3n) is 3.65. The second-order valence-electron chi connectivity index (χ2n) is 4.59. The fourth-order valence-corrected chi connectivity index (χ4v) is 2.73. The minimum Gasteiger partial charge on any atom is -0.311 e. The smallest absolute Gasteiger partial charge is 0.00871 e. The fraction of sp³-hybridized carbons (Fsp3) is 1.00. The molecular formula is C11H21N. The molecule has 0 aromatic rings. The van der Waals surface area contributed by atoms with Crippen LogP contribution < -0.4 is 5.32 Å². The van der Waals surface area contributed by atoms with Crippen molar-refractivity contribution in [2.75, 3.05) is 0 Å². The lowest BCUT2D eigenvalue weighted by molar-refractivity contribution is 0.220. The molecule has 2 aliphatic heterocycles. The molecule has 2 bridgehead atoms. The molecular weight excluding hydrogens is 146 g/mol. The molecule has 3 fully saturated rings. The van der Waals surface area contributed by atoms with E-state index in [2.05, 4.69) is 12.2 Å². The highest BCUT2D eigenvalue weighted by Gasteiger charge is 2.30. The van der Waals surface area contributed by atoms with E-state index in [1.165, 1.54) is 44.9 Å². The summed E-state index contributed by atoms with van der Waals surface area (Å²) in [6.45, 7) is 2.35. The zero-order valence-electron chi connectivity index (χ0n) is 8.18. The lowest BCUT2D eigenvalue weighted by atomic mass is 9.87. The van der Waals surface area contributed by atoms with Crippen molar-refractivity contribution < 1.29 is 0 Å². The standard InChI is InChI=1S/C11H21N/c1-2-9-5-3-4-6-10-8-11(7-9)12-10/h9-12H,2-8H2,1H3/t9-,10+,11-/m1/s1. The highest BCUT2D eigenvalue weighted by Crippen LogP contribution is 2.29. The van der Waals surface area contributed by atoms with Crippen LogP contribution in [0, 0.1) is 5.92 Å². The molecule has 3 atom stereocenters. The van der Waals surface area contributed by atoms with Gasteiger partial charge in [-0.25, -0.2) is 0 Å². The third-order valence-corrected chi connectivity index (χ3v) is 3.65. The van der Waals surface area contributed by atoms with Gasteiger partial charge in [-0.15, -0.1) is 0 Å². The Morgan fingerprint density at radius 3 is 2.58 bits per heavy atom. The molecule has 2 heterocycles. The molecule has 2 saturated heterocycles. The Morgan fingerprint density at radius 2 is 1.83 bits per heavy atom. The third kappa shape index (κ3) is 1.82. The second-order valence-corrected chi connectivity index (χ2v) is 4.59.